The molecule has 38 heavy (non-hydrogen) atoms. The minimum absolute atomic E-state index is 0.0737. The van der Waals surface area contributed by atoms with Crippen molar-refractivity contribution in [1.29, 1.82) is 0 Å². The predicted molar refractivity (Wildman–Crippen MR) is 147 cm³/mol. The molecule has 2 heterocycles. The molecule has 2 aliphatic heterocycles. The second kappa shape index (κ2) is 12.9. The molecule has 0 saturated carbocycles. The maximum atomic E-state index is 12.6. The van der Waals surface area contributed by atoms with Crippen molar-refractivity contribution >= 4 is 29.1 Å². The molecule has 1 atom stereocenters. The Kier molecular flexibility index (Phi) is 9.36. The van der Waals surface area contributed by atoms with Crippen LogP contribution in [0.2, 0.25) is 0 Å². The van der Waals surface area contributed by atoms with Crippen molar-refractivity contribution in [3.8, 4) is 5.75 Å². The Labute approximate surface area is 224 Å². The van der Waals surface area contributed by atoms with Gasteiger partial charge in [-0.15, -0.1) is 0 Å². The molecule has 3 amide bonds. The van der Waals surface area contributed by atoms with Gasteiger partial charge in [-0.25, -0.2) is 0 Å². The molecule has 9 nitrogen and oxygen atoms in total. The summed E-state index contributed by atoms with van der Waals surface area (Å²) in [6.07, 6.45) is 1.07. The van der Waals surface area contributed by atoms with Crippen LogP contribution in [0.3, 0.4) is 0 Å². The third-order valence-corrected chi connectivity index (χ3v) is 7.01. The van der Waals surface area contributed by atoms with Crippen LogP contribution in [0, 0.1) is 26.7 Å². The van der Waals surface area contributed by atoms with Gasteiger partial charge in [-0.1, -0.05) is 17.7 Å². The summed E-state index contributed by atoms with van der Waals surface area (Å²) in [5.74, 6) is -0.220. The van der Waals surface area contributed by atoms with Crippen LogP contribution >= 0.6 is 0 Å². The maximum Gasteiger partial charge on any atom is 0.262 e. The van der Waals surface area contributed by atoms with Gasteiger partial charge in [0.1, 0.15) is 5.75 Å². The van der Waals surface area contributed by atoms with E-state index in [1.54, 1.807) is 29.2 Å². The summed E-state index contributed by atoms with van der Waals surface area (Å²) >= 11 is 0. The molecule has 0 aromatic heterocycles. The monoisotopic (exact) mass is 522 g/mol. The molecule has 2 aromatic rings. The van der Waals surface area contributed by atoms with Crippen LogP contribution in [-0.4, -0.2) is 75.2 Å². The van der Waals surface area contributed by atoms with Gasteiger partial charge in [0.15, 0.2) is 6.61 Å². The number of ether oxygens (including phenoxy) is 2. The molecule has 0 aliphatic carbocycles. The van der Waals surface area contributed by atoms with E-state index in [1.165, 1.54) is 0 Å². The Hall–Kier alpha value is -3.43. The molecule has 0 unspecified atom stereocenters. The minimum atomic E-state index is -0.362. The van der Waals surface area contributed by atoms with Gasteiger partial charge in [0.2, 0.25) is 11.8 Å². The van der Waals surface area contributed by atoms with Crippen molar-refractivity contribution < 1.29 is 23.9 Å². The summed E-state index contributed by atoms with van der Waals surface area (Å²) in [6, 6.07) is 11.1. The standard InChI is InChI=1S/C29H38N4O5/c1-20-15-21(2)28(22(3)16-20)31-26(34)19-38-25-7-5-24(6-8-25)33-18-23(17-27(33)35)29(36)30-9-4-10-32-11-13-37-14-12-32/h5-8,15-16,23H,4,9-14,17-19H2,1-3H3,(H,30,36)(H,31,34)/t23-/m1/s1. The van der Waals surface area contributed by atoms with Crippen LogP contribution in [0.4, 0.5) is 11.4 Å². The zero-order chi connectivity index (χ0) is 27.1. The summed E-state index contributed by atoms with van der Waals surface area (Å²) in [5, 5.41) is 5.91. The van der Waals surface area contributed by atoms with Gasteiger partial charge in [0.25, 0.3) is 5.91 Å². The zero-order valence-electron chi connectivity index (χ0n) is 22.5. The number of carbonyl (C=O) groups excluding carboxylic acids is 3. The number of aryl methyl sites for hydroxylation is 3. The first-order valence-corrected chi connectivity index (χ1v) is 13.3. The molecular formula is C29H38N4O5. The van der Waals surface area contributed by atoms with E-state index >= 15 is 0 Å². The predicted octanol–water partition coefficient (Wildman–Crippen LogP) is 2.82. The molecule has 2 aromatic carbocycles. The normalized spacial score (nSPS) is 17.9. The summed E-state index contributed by atoms with van der Waals surface area (Å²) in [5.41, 5.74) is 4.69. The van der Waals surface area contributed by atoms with E-state index in [9.17, 15) is 14.4 Å². The number of carbonyl (C=O) groups is 3. The van der Waals surface area contributed by atoms with E-state index in [1.807, 2.05) is 32.9 Å². The second-order valence-corrected chi connectivity index (χ2v) is 10.1. The fourth-order valence-electron chi connectivity index (χ4n) is 5.04. The highest BCUT2D eigenvalue weighted by atomic mass is 16.5. The van der Waals surface area contributed by atoms with Crippen molar-refractivity contribution in [3.05, 3.63) is 53.1 Å². The highest BCUT2D eigenvalue weighted by molar-refractivity contribution is 6.00. The number of anilines is 2. The van der Waals surface area contributed by atoms with Crippen molar-refractivity contribution in [3.63, 3.8) is 0 Å². The first-order chi connectivity index (χ1) is 18.3. The van der Waals surface area contributed by atoms with E-state index in [0.717, 1.165) is 61.6 Å². The van der Waals surface area contributed by atoms with E-state index in [2.05, 4.69) is 15.5 Å². The first-order valence-electron chi connectivity index (χ1n) is 13.3. The Morgan fingerprint density at radius 1 is 1.05 bits per heavy atom. The Balaban J connectivity index is 1.21. The summed E-state index contributed by atoms with van der Waals surface area (Å²) in [6.45, 7) is 11.1. The number of hydrogen-bond donors (Lipinski definition) is 2. The average Bonchev–Trinajstić information content (AvgIpc) is 3.30. The summed E-state index contributed by atoms with van der Waals surface area (Å²) < 4.78 is 11.0. The number of morpholine rings is 1. The van der Waals surface area contributed by atoms with Crippen LogP contribution in [0.15, 0.2) is 36.4 Å². The number of nitrogens with one attached hydrogen (secondary N) is 2. The van der Waals surface area contributed by atoms with E-state index in [0.29, 0.717) is 24.5 Å². The van der Waals surface area contributed by atoms with Gasteiger partial charge in [-0.2, -0.15) is 0 Å². The average molecular weight is 523 g/mol. The number of benzene rings is 2. The summed E-state index contributed by atoms with van der Waals surface area (Å²) in [7, 11) is 0. The Morgan fingerprint density at radius 3 is 2.42 bits per heavy atom. The lowest BCUT2D eigenvalue weighted by Gasteiger charge is -2.26. The smallest absolute Gasteiger partial charge is 0.262 e. The van der Waals surface area contributed by atoms with Gasteiger partial charge in [-0.05, 0) is 69.1 Å². The number of amides is 3. The van der Waals surface area contributed by atoms with Crippen LogP contribution in [-0.2, 0) is 19.1 Å². The number of nitrogens with zero attached hydrogens (tertiary/aromatic N) is 2. The molecule has 0 radical (unpaired) electrons. The third kappa shape index (κ3) is 7.33. The quantitative estimate of drug-likeness (QED) is 0.466. The third-order valence-electron chi connectivity index (χ3n) is 7.01. The highest BCUT2D eigenvalue weighted by Gasteiger charge is 2.35. The van der Waals surface area contributed by atoms with Gasteiger partial charge in [-0.3, -0.25) is 19.3 Å². The number of rotatable bonds is 10. The SMILES string of the molecule is Cc1cc(C)c(NC(=O)COc2ccc(N3C[C@H](C(=O)NCCCN4CCOCC4)CC3=O)cc2)c(C)c1. The molecule has 9 heteroatoms. The van der Waals surface area contributed by atoms with E-state index in [-0.39, 0.29) is 36.7 Å². The second-order valence-electron chi connectivity index (χ2n) is 10.1. The minimum Gasteiger partial charge on any atom is -0.484 e. The molecule has 204 valence electrons. The van der Waals surface area contributed by atoms with Gasteiger partial charge >= 0.3 is 0 Å². The Bertz CT molecular complexity index is 1120. The van der Waals surface area contributed by atoms with Gasteiger partial charge in [0, 0.05) is 44.0 Å². The first kappa shape index (κ1) is 27.6. The van der Waals surface area contributed by atoms with Gasteiger partial charge < -0.3 is 25.0 Å². The number of hydrogen-bond acceptors (Lipinski definition) is 6. The van der Waals surface area contributed by atoms with Crippen LogP contribution in [0.1, 0.15) is 29.5 Å². The van der Waals surface area contributed by atoms with Crippen molar-refractivity contribution in [2.24, 2.45) is 5.92 Å². The van der Waals surface area contributed by atoms with Crippen molar-refractivity contribution in [2.45, 2.75) is 33.6 Å². The molecule has 0 bridgehead atoms. The maximum absolute atomic E-state index is 12.6. The fraction of sp³-hybridized carbons (Fsp3) is 0.483. The molecule has 4 rings (SSSR count). The van der Waals surface area contributed by atoms with Crippen molar-refractivity contribution in [1.82, 2.24) is 10.2 Å². The van der Waals surface area contributed by atoms with Gasteiger partial charge in [0.05, 0.1) is 19.1 Å². The fourth-order valence-corrected chi connectivity index (χ4v) is 5.04. The highest BCUT2D eigenvalue weighted by Crippen LogP contribution is 2.27. The molecule has 0 spiro atoms. The lowest BCUT2D eigenvalue weighted by atomic mass is 10.1. The Morgan fingerprint density at radius 2 is 1.74 bits per heavy atom. The lowest BCUT2D eigenvalue weighted by molar-refractivity contribution is -0.126. The van der Waals surface area contributed by atoms with Crippen LogP contribution in [0.5, 0.6) is 5.75 Å². The summed E-state index contributed by atoms with van der Waals surface area (Å²) in [4.78, 5) is 41.7. The van der Waals surface area contributed by atoms with Crippen LogP contribution in [0.25, 0.3) is 0 Å². The van der Waals surface area contributed by atoms with E-state index < -0.39 is 0 Å². The molecule has 2 aliphatic rings. The largest absolute Gasteiger partial charge is 0.484 e. The van der Waals surface area contributed by atoms with Crippen LogP contribution < -0.4 is 20.3 Å². The molecule has 2 saturated heterocycles. The molecule has 2 N–H and O–H groups in total. The zero-order valence-corrected chi connectivity index (χ0v) is 22.5. The molecular weight excluding hydrogens is 484 g/mol. The van der Waals surface area contributed by atoms with E-state index in [4.69, 9.17) is 9.47 Å². The topological polar surface area (TPSA) is 100 Å². The molecule has 2 fully saturated rings. The van der Waals surface area contributed by atoms with Crippen molar-refractivity contribution in [2.75, 3.05) is 62.8 Å². The lowest BCUT2D eigenvalue weighted by Crippen LogP contribution is -2.39.